The Balaban J connectivity index is 1.98. The van der Waals surface area contributed by atoms with Crippen LogP contribution in [0.5, 0.6) is 5.75 Å². The number of halogens is 2. The number of ether oxygens (including phenoxy) is 1. The van der Waals surface area contributed by atoms with Gasteiger partial charge in [0.15, 0.2) is 5.75 Å². The van der Waals surface area contributed by atoms with Crippen molar-refractivity contribution in [2.24, 2.45) is 0 Å². The summed E-state index contributed by atoms with van der Waals surface area (Å²) in [6.07, 6.45) is 1.98. The Morgan fingerprint density at radius 1 is 1.17 bits per heavy atom. The number of carbonyl (C=O) groups is 2. The number of fused-ring (bicyclic) bond motifs is 1. The second kappa shape index (κ2) is 9.58. The molecule has 0 atom stereocenters. The molecule has 1 aromatic heterocycles. The van der Waals surface area contributed by atoms with Crippen molar-refractivity contribution in [2.45, 2.75) is 40.0 Å². The van der Waals surface area contributed by atoms with Crippen LogP contribution in [0, 0.1) is 13.8 Å². The zero-order valence-electron chi connectivity index (χ0n) is 17.0. The monoisotopic (exact) mass is 488 g/mol. The molecule has 5 nitrogen and oxygen atoms in total. The van der Waals surface area contributed by atoms with Gasteiger partial charge in [0.25, 0.3) is 5.91 Å². The van der Waals surface area contributed by atoms with Crippen LogP contribution in [0.4, 0.5) is 5.69 Å². The fraction of sp³-hybridized carbons (Fsp3) is 0.261. The molecule has 0 radical (unpaired) electrons. The Kier molecular flexibility index (Phi) is 7.10. The van der Waals surface area contributed by atoms with E-state index in [-0.39, 0.29) is 17.0 Å². The number of amides is 1. The lowest BCUT2D eigenvalue weighted by molar-refractivity contribution is -0.134. The van der Waals surface area contributed by atoms with Crippen LogP contribution in [0.15, 0.2) is 40.9 Å². The fourth-order valence-electron chi connectivity index (χ4n) is 3.09. The first-order valence-corrected chi connectivity index (χ1v) is 10.8. The van der Waals surface area contributed by atoms with Gasteiger partial charge in [-0.2, -0.15) is 0 Å². The number of hydrogen-bond donors (Lipinski definition) is 1. The number of aromatic nitrogens is 1. The first-order chi connectivity index (χ1) is 14.3. The van der Waals surface area contributed by atoms with Crippen molar-refractivity contribution in [2.75, 3.05) is 5.32 Å². The molecule has 0 spiro atoms. The number of esters is 1. The number of carbonyl (C=O) groups excluding carboxylic acids is 2. The van der Waals surface area contributed by atoms with Crippen molar-refractivity contribution in [3.8, 4) is 5.75 Å². The predicted molar refractivity (Wildman–Crippen MR) is 123 cm³/mol. The molecule has 7 heteroatoms. The molecule has 3 aromatic rings. The van der Waals surface area contributed by atoms with Crippen LogP contribution < -0.4 is 10.1 Å². The van der Waals surface area contributed by atoms with Crippen LogP contribution >= 0.6 is 27.5 Å². The van der Waals surface area contributed by atoms with E-state index in [0.29, 0.717) is 39.9 Å². The second-order valence-corrected chi connectivity index (χ2v) is 8.37. The van der Waals surface area contributed by atoms with Crippen LogP contribution in [0.3, 0.4) is 0 Å². The molecule has 0 aliphatic rings. The summed E-state index contributed by atoms with van der Waals surface area (Å²) in [5, 5.41) is 3.82. The molecule has 1 amide bonds. The molecule has 0 aliphatic heterocycles. The van der Waals surface area contributed by atoms with Crippen LogP contribution in [0.1, 0.15) is 47.7 Å². The number of unbranched alkanes of at least 4 members (excludes halogenated alkanes) is 1. The fourth-order valence-corrected chi connectivity index (χ4v) is 3.64. The minimum absolute atomic E-state index is 0.269. The summed E-state index contributed by atoms with van der Waals surface area (Å²) < 4.78 is 6.35. The van der Waals surface area contributed by atoms with E-state index < -0.39 is 0 Å². The highest BCUT2D eigenvalue weighted by atomic mass is 79.9. The molecular weight excluding hydrogens is 468 g/mol. The van der Waals surface area contributed by atoms with Gasteiger partial charge in [-0.3, -0.25) is 9.59 Å². The maximum absolute atomic E-state index is 13.3. The Bertz CT molecular complexity index is 1130. The molecule has 156 valence electrons. The topological polar surface area (TPSA) is 68.3 Å². The predicted octanol–water partition coefficient (Wildman–Crippen LogP) is 6.62. The molecule has 1 N–H and O–H groups in total. The first kappa shape index (κ1) is 22.2. The van der Waals surface area contributed by atoms with Gasteiger partial charge < -0.3 is 10.1 Å². The summed E-state index contributed by atoms with van der Waals surface area (Å²) in [5.74, 6) is -0.349. The maximum atomic E-state index is 13.3. The number of anilines is 1. The molecule has 0 fully saturated rings. The van der Waals surface area contributed by atoms with Crippen molar-refractivity contribution in [1.29, 1.82) is 0 Å². The number of rotatable bonds is 6. The van der Waals surface area contributed by atoms with E-state index >= 15 is 0 Å². The second-order valence-electron chi connectivity index (χ2n) is 7.10. The lowest BCUT2D eigenvalue weighted by atomic mass is 10.0. The van der Waals surface area contributed by atoms with Gasteiger partial charge in [-0.1, -0.05) is 46.9 Å². The van der Waals surface area contributed by atoms with Gasteiger partial charge in [-0.25, -0.2) is 4.98 Å². The van der Waals surface area contributed by atoms with E-state index in [1.807, 2.05) is 32.0 Å². The van der Waals surface area contributed by atoms with E-state index in [4.69, 9.17) is 16.3 Å². The highest BCUT2D eigenvalue weighted by molar-refractivity contribution is 9.10. The average Bonchev–Trinajstić information content (AvgIpc) is 2.69. The van der Waals surface area contributed by atoms with Crippen molar-refractivity contribution in [1.82, 2.24) is 4.98 Å². The maximum Gasteiger partial charge on any atom is 0.311 e. The van der Waals surface area contributed by atoms with Crippen LogP contribution in [-0.2, 0) is 4.79 Å². The lowest BCUT2D eigenvalue weighted by Crippen LogP contribution is -2.17. The summed E-state index contributed by atoms with van der Waals surface area (Å²) >= 11 is 9.72. The number of nitrogens with one attached hydrogen (secondary N) is 1. The third kappa shape index (κ3) is 4.99. The van der Waals surface area contributed by atoms with Gasteiger partial charge in [0.1, 0.15) is 5.15 Å². The minimum Gasteiger partial charge on any atom is -0.424 e. The zero-order chi connectivity index (χ0) is 21.8. The highest BCUT2D eigenvalue weighted by Crippen LogP contribution is 2.31. The smallest absolute Gasteiger partial charge is 0.311 e. The van der Waals surface area contributed by atoms with Crippen molar-refractivity contribution in [3.63, 3.8) is 0 Å². The van der Waals surface area contributed by atoms with E-state index in [0.717, 1.165) is 22.9 Å². The number of benzene rings is 2. The molecule has 30 heavy (non-hydrogen) atoms. The number of pyridine rings is 1. The molecule has 0 saturated heterocycles. The van der Waals surface area contributed by atoms with Crippen molar-refractivity contribution in [3.05, 3.63) is 62.7 Å². The van der Waals surface area contributed by atoms with Gasteiger partial charge >= 0.3 is 5.97 Å². The minimum atomic E-state index is -0.352. The van der Waals surface area contributed by atoms with E-state index in [1.165, 1.54) is 0 Å². The molecular formula is C23H22BrClN2O3. The quantitative estimate of drug-likeness (QED) is 0.240. The molecule has 0 saturated carbocycles. The van der Waals surface area contributed by atoms with Crippen molar-refractivity contribution < 1.29 is 14.3 Å². The third-order valence-electron chi connectivity index (χ3n) is 4.70. The summed E-state index contributed by atoms with van der Waals surface area (Å²) in [5.41, 5.74) is 2.97. The molecule has 0 aliphatic carbocycles. The Hall–Kier alpha value is -2.44. The molecule has 0 bridgehead atoms. The Morgan fingerprint density at radius 2 is 1.93 bits per heavy atom. The highest BCUT2D eigenvalue weighted by Gasteiger charge is 2.20. The Labute approximate surface area is 188 Å². The van der Waals surface area contributed by atoms with Gasteiger partial charge in [0.2, 0.25) is 0 Å². The zero-order valence-corrected chi connectivity index (χ0v) is 19.4. The molecule has 3 rings (SSSR count). The summed E-state index contributed by atoms with van der Waals surface area (Å²) in [7, 11) is 0. The molecule has 1 heterocycles. The summed E-state index contributed by atoms with van der Waals surface area (Å²) in [4.78, 5) is 29.7. The SMILES string of the molecule is CCCCC(=O)Oc1cc(C)ccc1NC(=O)c1c(C)c(Cl)nc2ccc(Br)cc12. The number of nitrogens with zero attached hydrogens (tertiary/aromatic N) is 1. The average molecular weight is 490 g/mol. The summed E-state index contributed by atoms with van der Waals surface area (Å²) in [6, 6.07) is 10.8. The van der Waals surface area contributed by atoms with Gasteiger partial charge in [0, 0.05) is 16.3 Å². The molecule has 2 aromatic carbocycles. The van der Waals surface area contributed by atoms with E-state index in [9.17, 15) is 9.59 Å². The van der Waals surface area contributed by atoms with Gasteiger partial charge in [0.05, 0.1) is 16.8 Å². The van der Waals surface area contributed by atoms with Gasteiger partial charge in [-0.05, 0) is 61.7 Å². The third-order valence-corrected chi connectivity index (χ3v) is 5.56. The number of hydrogen-bond acceptors (Lipinski definition) is 4. The standard InChI is InChI=1S/C23H22BrClN2O3/c1-4-5-6-20(28)30-19-11-13(2)7-9-18(19)27-23(29)21-14(3)22(25)26-17-10-8-15(24)12-16(17)21/h7-12H,4-6H2,1-3H3,(H,27,29). The van der Waals surface area contributed by atoms with E-state index in [1.54, 1.807) is 25.1 Å². The van der Waals surface area contributed by atoms with Crippen LogP contribution in [0.2, 0.25) is 5.15 Å². The largest absolute Gasteiger partial charge is 0.424 e. The van der Waals surface area contributed by atoms with Crippen molar-refractivity contribution >= 4 is 56.0 Å². The van der Waals surface area contributed by atoms with E-state index in [2.05, 4.69) is 26.2 Å². The molecule has 0 unspecified atom stereocenters. The normalized spacial score (nSPS) is 10.8. The van der Waals surface area contributed by atoms with Crippen LogP contribution in [0.25, 0.3) is 10.9 Å². The lowest BCUT2D eigenvalue weighted by Gasteiger charge is -2.15. The van der Waals surface area contributed by atoms with Gasteiger partial charge in [-0.15, -0.1) is 0 Å². The Morgan fingerprint density at radius 3 is 2.67 bits per heavy atom. The number of aryl methyl sites for hydroxylation is 1. The first-order valence-electron chi connectivity index (χ1n) is 9.68. The van der Waals surface area contributed by atoms with Crippen LogP contribution in [-0.4, -0.2) is 16.9 Å². The summed E-state index contributed by atoms with van der Waals surface area (Å²) in [6.45, 7) is 5.66.